The molecule has 1 heterocycles. The number of fused-ring (bicyclic) bond motifs is 1. The maximum absolute atomic E-state index is 10.9. The molecule has 90 valence electrons. The number of nitrogens with zero attached hydrogens (tertiary/aromatic N) is 1. The lowest BCUT2D eigenvalue weighted by molar-refractivity contribution is 0.0696. The Balaban J connectivity index is 0.00000144. The van der Waals surface area contributed by atoms with Gasteiger partial charge in [0.25, 0.3) is 0 Å². The molecule has 2 rings (SSSR count). The van der Waals surface area contributed by atoms with Crippen LogP contribution in [0.5, 0.6) is 5.75 Å². The second kappa shape index (κ2) is 5.01. The van der Waals surface area contributed by atoms with Crippen molar-refractivity contribution in [3.63, 3.8) is 0 Å². The van der Waals surface area contributed by atoms with Gasteiger partial charge < -0.3 is 9.84 Å². The molecule has 0 radical (unpaired) electrons. The molecular formula is C12H12ClNO3. The minimum Gasteiger partial charge on any atom is -0.497 e. The van der Waals surface area contributed by atoms with Crippen LogP contribution in [0, 0.1) is 6.92 Å². The highest BCUT2D eigenvalue weighted by Gasteiger charge is 2.10. The van der Waals surface area contributed by atoms with Gasteiger partial charge >= 0.3 is 5.97 Å². The van der Waals surface area contributed by atoms with Gasteiger partial charge in [-0.05, 0) is 25.1 Å². The fourth-order valence-corrected chi connectivity index (χ4v) is 1.59. The summed E-state index contributed by atoms with van der Waals surface area (Å²) in [6.45, 7) is 1.68. The molecule has 1 aromatic heterocycles. The number of methoxy groups -OCH3 is 1. The van der Waals surface area contributed by atoms with Gasteiger partial charge in [0.2, 0.25) is 0 Å². The summed E-state index contributed by atoms with van der Waals surface area (Å²) in [7, 11) is 1.58. The van der Waals surface area contributed by atoms with Gasteiger partial charge in [0, 0.05) is 11.5 Å². The Morgan fingerprint density at radius 3 is 2.65 bits per heavy atom. The minimum absolute atomic E-state index is 0. The lowest BCUT2D eigenvalue weighted by Gasteiger charge is -2.05. The first kappa shape index (κ1) is 13.3. The summed E-state index contributed by atoms with van der Waals surface area (Å²) >= 11 is 0. The molecule has 4 nitrogen and oxygen atoms in total. The number of carboxylic acids is 1. The number of ether oxygens (including phenoxy) is 1. The van der Waals surface area contributed by atoms with E-state index in [1.807, 2.05) is 0 Å². The van der Waals surface area contributed by atoms with Crippen molar-refractivity contribution in [2.45, 2.75) is 6.92 Å². The molecule has 2 aromatic rings. The minimum atomic E-state index is -0.956. The van der Waals surface area contributed by atoms with Crippen LogP contribution < -0.4 is 4.74 Å². The van der Waals surface area contributed by atoms with Gasteiger partial charge in [0.1, 0.15) is 5.75 Å². The summed E-state index contributed by atoms with van der Waals surface area (Å²) in [5.74, 6) is -0.245. The fraction of sp³-hybridized carbons (Fsp3) is 0.167. The number of halogens is 1. The molecule has 0 fully saturated rings. The van der Waals surface area contributed by atoms with Crippen LogP contribution in [-0.4, -0.2) is 23.2 Å². The van der Waals surface area contributed by atoms with E-state index in [4.69, 9.17) is 9.84 Å². The normalized spacial score (nSPS) is 9.76. The number of rotatable bonds is 2. The lowest BCUT2D eigenvalue weighted by atomic mass is 10.1. The number of carboxylic acid groups (broad SMARTS) is 1. The van der Waals surface area contributed by atoms with E-state index in [0.29, 0.717) is 11.4 Å². The van der Waals surface area contributed by atoms with Gasteiger partial charge in [-0.1, -0.05) is 0 Å². The quantitative estimate of drug-likeness (QED) is 0.894. The van der Waals surface area contributed by atoms with Crippen LogP contribution in [-0.2, 0) is 0 Å². The molecule has 17 heavy (non-hydrogen) atoms. The molecule has 0 atom stereocenters. The first-order valence-electron chi connectivity index (χ1n) is 4.80. The molecule has 0 unspecified atom stereocenters. The summed E-state index contributed by atoms with van der Waals surface area (Å²) in [5.41, 5.74) is 1.48. The van der Waals surface area contributed by atoms with Crippen molar-refractivity contribution in [3.05, 3.63) is 35.5 Å². The average molecular weight is 254 g/mol. The molecule has 0 aliphatic carbocycles. The van der Waals surface area contributed by atoms with Gasteiger partial charge in [0.05, 0.1) is 23.9 Å². The Morgan fingerprint density at radius 2 is 2.06 bits per heavy atom. The van der Waals surface area contributed by atoms with E-state index >= 15 is 0 Å². The van der Waals surface area contributed by atoms with Crippen LogP contribution in [0.3, 0.4) is 0 Å². The molecule has 5 heteroatoms. The summed E-state index contributed by atoms with van der Waals surface area (Å²) in [6.07, 6.45) is 0. The predicted octanol–water partition coefficient (Wildman–Crippen LogP) is 2.67. The summed E-state index contributed by atoms with van der Waals surface area (Å²) in [5, 5.41) is 9.76. The van der Waals surface area contributed by atoms with Crippen molar-refractivity contribution < 1.29 is 14.6 Å². The number of aryl methyl sites for hydroxylation is 1. The topological polar surface area (TPSA) is 59.4 Å². The Morgan fingerprint density at radius 1 is 1.35 bits per heavy atom. The predicted molar refractivity (Wildman–Crippen MR) is 67.2 cm³/mol. The summed E-state index contributed by atoms with van der Waals surface area (Å²) in [6, 6.07) is 6.99. The van der Waals surface area contributed by atoms with Crippen LogP contribution in [0.2, 0.25) is 0 Å². The SMILES string of the molecule is COc1ccc2cc(C(=O)O)c(C)nc2c1.Cl. The highest BCUT2D eigenvalue weighted by atomic mass is 35.5. The third-order valence-electron chi connectivity index (χ3n) is 2.45. The number of aromatic carboxylic acids is 1. The van der Waals surface area contributed by atoms with Crippen LogP contribution in [0.25, 0.3) is 10.9 Å². The van der Waals surface area contributed by atoms with E-state index in [-0.39, 0.29) is 18.0 Å². The molecule has 0 spiro atoms. The Bertz CT molecular complexity index is 569. The number of carbonyl (C=O) groups is 1. The molecule has 0 amide bonds. The van der Waals surface area contributed by atoms with Gasteiger partial charge in [-0.15, -0.1) is 12.4 Å². The monoisotopic (exact) mass is 253 g/mol. The van der Waals surface area contributed by atoms with Gasteiger partial charge in [-0.3, -0.25) is 4.98 Å². The highest BCUT2D eigenvalue weighted by Crippen LogP contribution is 2.21. The van der Waals surface area contributed by atoms with Crippen molar-refractivity contribution in [3.8, 4) is 5.75 Å². The van der Waals surface area contributed by atoms with Crippen LogP contribution in [0.4, 0.5) is 0 Å². The van der Waals surface area contributed by atoms with Crippen molar-refractivity contribution in [2.75, 3.05) is 7.11 Å². The van der Waals surface area contributed by atoms with Gasteiger partial charge in [-0.2, -0.15) is 0 Å². The van der Waals surface area contributed by atoms with E-state index in [1.165, 1.54) is 0 Å². The molecule has 0 aliphatic rings. The smallest absolute Gasteiger partial charge is 0.337 e. The van der Waals surface area contributed by atoms with E-state index in [9.17, 15) is 4.79 Å². The molecular weight excluding hydrogens is 242 g/mol. The van der Waals surface area contributed by atoms with Crippen molar-refractivity contribution >= 4 is 29.3 Å². The first-order chi connectivity index (χ1) is 7.61. The summed E-state index contributed by atoms with van der Waals surface area (Å²) in [4.78, 5) is 15.2. The molecule has 1 N–H and O–H groups in total. The number of hydrogen-bond acceptors (Lipinski definition) is 3. The van der Waals surface area contributed by atoms with Crippen molar-refractivity contribution in [1.29, 1.82) is 0 Å². The molecule has 0 aliphatic heterocycles. The van der Waals surface area contributed by atoms with Crippen LogP contribution >= 0.6 is 12.4 Å². The van der Waals surface area contributed by atoms with Gasteiger partial charge in [-0.25, -0.2) is 4.79 Å². The molecule has 0 saturated heterocycles. The third-order valence-corrected chi connectivity index (χ3v) is 2.45. The largest absolute Gasteiger partial charge is 0.497 e. The number of aromatic nitrogens is 1. The van der Waals surface area contributed by atoms with E-state index in [0.717, 1.165) is 10.9 Å². The first-order valence-corrected chi connectivity index (χ1v) is 4.80. The summed E-state index contributed by atoms with van der Waals surface area (Å²) < 4.78 is 5.08. The second-order valence-corrected chi connectivity index (χ2v) is 3.49. The zero-order valence-electron chi connectivity index (χ0n) is 9.43. The van der Waals surface area contributed by atoms with Crippen molar-refractivity contribution in [2.24, 2.45) is 0 Å². The number of pyridine rings is 1. The van der Waals surface area contributed by atoms with Crippen molar-refractivity contribution in [1.82, 2.24) is 4.98 Å². The number of benzene rings is 1. The Hall–Kier alpha value is -1.81. The van der Waals surface area contributed by atoms with Crippen LogP contribution in [0.15, 0.2) is 24.3 Å². The Kier molecular flexibility index (Phi) is 3.91. The molecule has 0 bridgehead atoms. The average Bonchev–Trinajstić information content (AvgIpc) is 2.27. The number of hydrogen-bond donors (Lipinski definition) is 1. The zero-order valence-corrected chi connectivity index (χ0v) is 10.2. The second-order valence-electron chi connectivity index (χ2n) is 3.49. The Labute approximate surface area is 105 Å². The van der Waals surface area contributed by atoms with Crippen LogP contribution in [0.1, 0.15) is 16.1 Å². The van der Waals surface area contributed by atoms with E-state index in [1.54, 1.807) is 38.3 Å². The van der Waals surface area contributed by atoms with Gasteiger partial charge in [0.15, 0.2) is 0 Å². The van der Waals surface area contributed by atoms with E-state index in [2.05, 4.69) is 4.98 Å². The standard InChI is InChI=1S/C12H11NO3.ClH/c1-7-10(12(14)15)5-8-3-4-9(16-2)6-11(8)13-7;/h3-6H,1-2H3,(H,14,15);1H. The lowest BCUT2D eigenvalue weighted by Crippen LogP contribution is -2.01. The maximum Gasteiger partial charge on any atom is 0.337 e. The fourth-order valence-electron chi connectivity index (χ4n) is 1.59. The third kappa shape index (κ3) is 2.47. The maximum atomic E-state index is 10.9. The zero-order chi connectivity index (χ0) is 11.7. The van der Waals surface area contributed by atoms with E-state index < -0.39 is 5.97 Å². The molecule has 1 aromatic carbocycles. The molecule has 0 saturated carbocycles. The highest BCUT2D eigenvalue weighted by molar-refractivity contribution is 5.94.